The first-order valence-electron chi connectivity index (χ1n) is 8.74. The number of nitrogens with zero attached hydrogens (tertiary/aromatic N) is 2. The van der Waals surface area contributed by atoms with E-state index in [2.05, 4.69) is 10.2 Å². The quantitative estimate of drug-likeness (QED) is 0.569. The van der Waals surface area contributed by atoms with Crippen molar-refractivity contribution < 1.29 is 19.4 Å². The summed E-state index contributed by atoms with van der Waals surface area (Å²) < 4.78 is 10.5. The molecule has 1 fully saturated rings. The van der Waals surface area contributed by atoms with Crippen LogP contribution in [0.4, 0.5) is 0 Å². The molecule has 1 aliphatic rings. The van der Waals surface area contributed by atoms with Gasteiger partial charge in [0.2, 0.25) is 5.91 Å². The number of hydrogen-bond donors (Lipinski definition) is 2. The van der Waals surface area contributed by atoms with Gasteiger partial charge in [0.05, 0.1) is 13.2 Å². The number of benzene rings is 1. The molecule has 0 bridgehead atoms. The number of methoxy groups -OCH3 is 1. The minimum Gasteiger partial charge on any atom is -0.491 e. The van der Waals surface area contributed by atoms with Gasteiger partial charge in [-0.2, -0.15) is 0 Å². The zero-order valence-corrected chi connectivity index (χ0v) is 14.9. The Morgan fingerprint density at radius 2 is 1.96 bits per heavy atom. The Bertz CT molecular complexity index is 492. The number of piperazine rings is 1. The highest BCUT2D eigenvalue weighted by Crippen LogP contribution is 2.09. The average molecular weight is 351 g/mol. The van der Waals surface area contributed by atoms with Gasteiger partial charge >= 0.3 is 0 Å². The first-order chi connectivity index (χ1) is 12.2. The van der Waals surface area contributed by atoms with Crippen molar-refractivity contribution in [1.29, 1.82) is 0 Å². The molecule has 1 aromatic rings. The number of hydrogen-bond acceptors (Lipinski definition) is 6. The van der Waals surface area contributed by atoms with Gasteiger partial charge in [-0.3, -0.25) is 9.69 Å². The Morgan fingerprint density at radius 1 is 1.24 bits per heavy atom. The Kier molecular flexibility index (Phi) is 8.68. The van der Waals surface area contributed by atoms with E-state index in [1.165, 1.54) is 0 Å². The highest BCUT2D eigenvalue weighted by atomic mass is 16.5. The molecular formula is C18H29N3O4. The Labute approximate surface area is 149 Å². The summed E-state index contributed by atoms with van der Waals surface area (Å²) in [5, 5.41) is 13.2. The molecule has 1 saturated heterocycles. The predicted molar refractivity (Wildman–Crippen MR) is 95.7 cm³/mol. The molecule has 0 spiro atoms. The summed E-state index contributed by atoms with van der Waals surface area (Å²) in [6.45, 7) is 5.37. The zero-order valence-electron chi connectivity index (χ0n) is 14.9. The molecule has 0 radical (unpaired) electrons. The molecule has 0 aliphatic carbocycles. The largest absolute Gasteiger partial charge is 0.491 e. The third-order valence-electron chi connectivity index (χ3n) is 4.14. The van der Waals surface area contributed by atoms with Gasteiger partial charge in [-0.1, -0.05) is 18.2 Å². The Balaban J connectivity index is 1.60. The molecule has 1 atom stereocenters. The number of aliphatic hydroxyl groups is 1. The summed E-state index contributed by atoms with van der Waals surface area (Å²) in [6, 6.07) is 9.48. The van der Waals surface area contributed by atoms with E-state index in [9.17, 15) is 9.90 Å². The van der Waals surface area contributed by atoms with Crippen LogP contribution in [0.5, 0.6) is 5.75 Å². The normalized spacial score (nSPS) is 16.6. The summed E-state index contributed by atoms with van der Waals surface area (Å²) in [6.07, 6.45) is -0.543. The smallest absolute Gasteiger partial charge is 0.236 e. The van der Waals surface area contributed by atoms with Crippen LogP contribution < -0.4 is 10.1 Å². The first-order valence-corrected chi connectivity index (χ1v) is 8.74. The van der Waals surface area contributed by atoms with Gasteiger partial charge in [-0.25, -0.2) is 0 Å². The van der Waals surface area contributed by atoms with Crippen LogP contribution in [-0.4, -0.2) is 93.1 Å². The summed E-state index contributed by atoms with van der Waals surface area (Å²) in [4.78, 5) is 16.1. The molecule has 1 aromatic carbocycles. The van der Waals surface area contributed by atoms with E-state index >= 15 is 0 Å². The molecule has 7 nitrogen and oxygen atoms in total. The van der Waals surface area contributed by atoms with Crippen LogP contribution in [0.2, 0.25) is 0 Å². The monoisotopic (exact) mass is 351 g/mol. The molecule has 0 saturated carbocycles. The fourth-order valence-electron chi connectivity index (χ4n) is 2.72. The lowest BCUT2D eigenvalue weighted by atomic mass is 10.2. The first kappa shape index (κ1) is 19.7. The summed E-state index contributed by atoms with van der Waals surface area (Å²) in [5.74, 6) is 0.877. The van der Waals surface area contributed by atoms with Crippen molar-refractivity contribution in [3.63, 3.8) is 0 Å². The standard InChI is InChI=1S/C18H29N3O4/c1-24-12-7-19-13-18(23)21-10-8-20(9-11-21)14-16(22)15-25-17-5-3-2-4-6-17/h2-6,16,19,22H,7-15H2,1H3. The van der Waals surface area contributed by atoms with Gasteiger partial charge in [0.15, 0.2) is 0 Å². The number of aliphatic hydroxyl groups excluding tert-OH is 1. The number of ether oxygens (including phenoxy) is 2. The van der Waals surface area contributed by atoms with Crippen molar-refractivity contribution in [1.82, 2.24) is 15.1 Å². The second-order valence-corrected chi connectivity index (χ2v) is 6.13. The predicted octanol–water partition coefficient (Wildman–Crippen LogP) is -0.193. The van der Waals surface area contributed by atoms with Gasteiger partial charge < -0.3 is 24.8 Å². The van der Waals surface area contributed by atoms with Crippen LogP contribution in [0.3, 0.4) is 0 Å². The number of carbonyl (C=O) groups is 1. The average Bonchev–Trinajstić information content (AvgIpc) is 2.65. The van der Waals surface area contributed by atoms with E-state index in [0.717, 1.165) is 18.8 Å². The third-order valence-corrected chi connectivity index (χ3v) is 4.14. The minimum absolute atomic E-state index is 0.115. The van der Waals surface area contributed by atoms with Crippen molar-refractivity contribution in [3.05, 3.63) is 30.3 Å². The third kappa shape index (κ3) is 7.39. The molecule has 1 aliphatic heterocycles. The molecule has 1 heterocycles. The molecule has 2 rings (SSSR count). The van der Waals surface area contributed by atoms with Crippen LogP contribution in [-0.2, 0) is 9.53 Å². The van der Waals surface area contributed by atoms with E-state index < -0.39 is 6.10 Å². The fourth-order valence-corrected chi connectivity index (χ4v) is 2.72. The SMILES string of the molecule is COCCNCC(=O)N1CCN(CC(O)COc2ccccc2)CC1. The molecule has 1 unspecified atom stereocenters. The number of nitrogens with one attached hydrogen (secondary N) is 1. The summed E-state index contributed by atoms with van der Waals surface area (Å²) >= 11 is 0. The van der Waals surface area contributed by atoms with Crippen molar-refractivity contribution in [2.24, 2.45) is 0 Å². The molecule has 1 amide bonds. The van der Waals surface area contributed by atoms with Gasteiger partial charge in [-0.05, 0) is 12.1 Å². The summed E-state index contributed by atoms with van der Waals surface area (Å²) in [5.41, 5.74) is 0. The maximum Gasteiger partial charge on any atom is 0.236 e. The van der Waals surface area contributed by atoms with Gasteiger partial charge in [0, 0.05) is 46.4 Å². The molecule has 7 heteroatoms. The second-order valence-electron chi connectivity index (χ2n) is 6.13. The zero-order chi connectivity index (χ0) is 17.9. The number of amides is 1. The van der Waals surface area contributed by atoms with Crippen molar-refractivity contribution in [2.75, 3.05) is 66.1 Å². The van der Waals surface area contributed by atoms with Crippen LogP contribution in [0.15, 0.2) is 30.3 Å². The topological polar surface area (TPSA) is 74.3 Å². The number of para-hydroxylation sites is 1. The van der Waals surface area contributed by atoms with Gasteiger partial charge in [0.1, 0.15) is 18.5 Å². The van der Waals surface area contributed by atoms with E-state index in [0.29, 0.717) is 39.3 Å². The lowest BCUT2D eigenvalue weighted by Gasteiger charge is -2.35. The minimum atomic E-state index is -0.543. The number of β-amino-alcohol motifs (C(OH)–C–C–N with tert-alkyl or cyclic N) is 1. The molecule has 0 aromatic heterocycles. The lowest BCUT2D eigenvalue weighted by Crippen LogP contribution is -2.52. The van der Waals surface area contributed by atoms with Crippen molar-refractivity contribution in [2.45, 2.75) is 6.10 Å². The molecule has 25 heavy (non-hydrogen) atoms. The Hall–Kier alpha value is -1.67. The molecule has 140 valence electrons. The second kappa shape index (κ2) is 11.0. The van der Waals surface area contributed by atoms with Gasteiger partial charge in [-0.15, -0.1) is 0 Å². The number of rotatable bonds is 10. The van der Waals surface area contributed by atoms with Crippen LogP contribution in [0.25, 0.3) is 0 Å². The highest BCUT2D eigenvalue weighted by Gasteiger charge is 2.22. The van der Waals surface area contributed by atoms with E-state index in [4.69, 9.17) is 9.47 Å². The van der Waals surface area contributed by atoms with E-state index in [1.807, 2.05) is 35.2 Å². The van der Waals surface area contributed by atoms with Crippen LogP contribution in [0, 0.1) is 0 Å². The number of carbonyl (C=O) groups excluding carboxylic acids is 1. The lowest BCUT2D eigenvalue weighted by molar-refractivity contribution is -0.132. The highest BCUT2D eigenvalue weighted by molar-refractivity contribution is 5.78. The van der Waals surface area contributed by atoms with Crippen LogP contribution >= 0.6 is 0 Å². The van der Waals surface area contributed by atoms with Crippen LogP contribution in [0.1, 0.15) is 0 Å². The maximum absolute atomic E-state index is 12.1. The van der Waals surface area contributed by atoms with Crippen molar-refractivity contribution >= 4 is 5.91 Å². The fraction of sp³-hybridized carbons (Fsp3) is 0.611. The molecular weight excluding hydrogens is 322 g/mol. The van der Waals surface area contributed by atoms with Crippen molar-refractivity contribution in [3.8, 4) is 5.75 Å². The summed E-state index contributed by atoms with van der Waals surface area (Å²) in [7, 11) is 1.64. The maximum atomic E-state index is 12.1. The van der Waals surface area contributed by atoms with Gasteiger partial charge in [0.25, 0.3) is 0 Å². The van der Waals surface area contributed by atoms with E-state index in [-0.39, 0.29) is 12.5 Å². The Morgan fingerprint density at radius 3 is 2.64 bits per heavy atom. The molecule has 2 N–H and O–H groups in total. The van der Waals surface area contributed by atoms with E-state index in [1.54, 1.807) is 7.11 Å².